The molecule has 0 amide bonds. The fourth-order valence-electron chi connectivity index (χ4n) is 4.21. The van der Waals surface area contributed by atoms with Crippen molar-refractivity contribution in [3.05, 3.63) is 92.6 Å². The minimum Gasteiger partial charge on any atom is -0.297 e. The molecule has 1 aliphatic rings. The summed E-state index contributed by atoms with van der Waals surface area (Å²) in [4.78, 5) is 15.2. The summed E-state index contributed by atoms with van der Waals surface area (Å²) in [6.07, 6.45) is 7.59. The fourth-order valence-corrected chi connectivity index (χ4v) is 4.76. The highest BCUT2D eigenvalue weighted by atomic mass is 79.9. The van der Waals surface area contributed by atoms with E-state index in [2.05, 4.69) is 33.0 Å². The third-order valence-electron chi connectivity index (χ3n) is 6.06. The van der Waals surface area contributed by atoms with Crippen molar-refractivity contribution >= 4 is 22.0 Å². The maximum absolute atomic E-state index is 13.0. The zero-order chi connectivity index (χ0) is 21.8. The Labute approximate surface area is 190 Å². The second kappa shape index (κ2) is 9.79. The lowest BCUT2D eigenvalue weighted by molar-refractivity contribution is 0.174. The van der Waals surface area contributed by atoms with Crippen molar-refractivity contribution in [2.24, 2.45) is 13.0 Å². The molecule has 1 aromatic heterocycles. The van der Waals surface area contributed by atoms with Gasteiger partial charge in [0.25, 0.3) is 5.56 Å². The quantitative estimate of drug-likeness (QED) is 0.470. The molecule has 0 N–H and O–H groups in total. The van der Waals surface area contributed by atoms with Gasteiger partial charge in [0.2, 0.25) is 0 Å². The van der Waals surface area contributed by atoms with Gasteiger partial charge in [0.15, 0.2) is 0 Å². The Bertz CT molecular complexity index is 1090. The molecule has 4 rings (SSSR count). The van der Waals surface area contributed by atoms with Gasteiger partial charge in [-0.05, 0) is 84.0 Å². The smallest absolute Gasteiger partial charge is 0.286 e. The van der Waals surface area contributed by atoms with Gasteiger partial charge >= 0.3 is 0 Å². The summed E-state index contributed by atoms with van der Waals surface area (Å²) in [5, 5.41) is 0. The molecule has 2 aromatic carbocycles. The Morgan fingerprint density at radius 2 is 1.74 bits per heavy atom. The molecule has 3 aromatic rings. The summed E-state index contributed by atoms with van der Waals surface area (Å²) in [7, 11) is 1.95. The second-order valence-corrected chi connectivity index (χ2v) is 8.94. The van der Waals surface area contributed by atoms with E-state index in [1.807, 2.05) is 42.1 Å². The van der Waals surface area contributed by atoms with Crippen molar-refractivity contribution < 1.29 is 4.39 Å². The van der Waals surface area contributed by atoms with Crippen molar-refractivity contribution in [1.29, 1.82) is 0 Å². The monoisotopic (exact) mass is 483 g/mol. The molecule has 4 nitrogen and oxygen atoms in total. The van der Waals surface area contributed by atoms with Crippen LogP contribution < -0.4 is 5.56 Å². The molecule has 1 saturated heterocycles. The van der Waals surface area contributed by atoms with E-state index in [-0.39, 0.29) is 11.4 Å². The number of likely N-dealkylation sites (tertiary alicyclic amines) is 1. The molecule has 2 heterocycles. The van der Waals surface area contributed by atoms with Crippen LogP contribution in [0, 0.1) is 11.7 Å². The summed E-state index contributed by atoms with van der Waals surface area (Å²) in [6.45, 7) is 2.79. The van der Waals surface area contributed by atoms with E-state index in [1.165, 1.54) is 12.1 Å². The Morgan fingerprint density at radius 3 is 2.42 bits per heavy atom. The van der Waals surface area contributed by atoms with Crippen molar-refractivity contribution in [3.63, 3.8) is 0 Å². The van der Waals surface area contributed by atoms with E-state index in [0.717, 1.165) is 55.8 Å². The van der Waals surface area contributed by atoms with Gasteiger partial charge in [-0.1, -0.05) is 42.5 Å². The number of aromatic nitrogens is 2. The SMILES string of the molecule is Cn1c(CN2CCC(CC=Cc3ccc(F)cc3)CC2)c(Br)c(=O)n1-c1ccccc1. The predicted octanol–water partition coefficient (Wildman–Crippen LogP) is 5.39. The number of hydrogen-bond donors (Lipinski definition) is 0. The Morgan fingerprint density at radius 1 is 1.06 bits per heavy atom. The Kier molecular flexibility index (Phi) is 6.88. The van der Waals surface area contributed by atoms with Crippen LogP contribution >= 0.6 is 15.9 Å². The number of rotatable bonds is 6. The average Bonchev–Trinajstić information content (AvgIpc) is 3.00. The largest absolute Gasteiger partial charge is 0.297 e. The number of benzene rings is 2. The van der Waals surface area contributed by atoms with Gasteiger partial charge in [0.05, 0.1) is 11.4 Å². The van der Waals surface area contributed by atoms with Crippen LogP contribution in [0.15, 0.2) is 69.9 Å². The maximum Gasteiger partial charge on any atom is 0.286 e. The molecular formula is C25H27BrFN3O. The van der Waals surface area contributed by atoms with E-state index in [4.69, 9.17) is 0 Å². The van der Waals surface area contributed by atoms with Crippen molar-refractivity contribution in [2.75, 3.05) is 13.1 Å². The number of allylic oxidation sites excluding steroid dienone is 1. The summed E-state index contributed by atoms with van der Waals surface area (Å²) in [6, 6.07) is 16.3. The zero-order valence-corrected chi connectivity index (χ0v) is 19.3. The van der Waals surface area contributed by atoms with Crippen LogP contribution in [0.3, 0.4) is 0 Å². The number of para-hydroxylation sites is 1. The van der Waals surface area contributed by atoms with Gasteiger partial charge in [-0.25, -0.2) is 9.07 Å². The summed E-state index contributed by atoms with van der Waals surface area (Å²) < 4.78 is 17.3. The van der Waals surface area contributed by atoms with Gasteiger partial charge in [-0.15, -0.1) is 0 Å². The molecule has 0 aliphatic carbocycles. The van der Waals surface area contributed by atoms with Crippen LogP contribution in [0.25, 0.3) is 11.8 Å². The first-order valence-electron chi connectivity index (χ1n) is 10.7. The first-order chi connectivity index (χ1) is 15.0. The van der Waals surface area contributed by atoms with E-state index in [0.29, 0.717) is 10.4 Å². The highest BCUT2D eigenvalue weighted by Gasteiger charge is 2.23. The molecule has 0 bridgehead atoms. The number of nitrogens with zero attached hydrogens (tertiary/aromatic N) is 3. The normalized spacial score (nSPS) is 15.7. The summed E-state index contributed by atoms with van der Waals surface area (Å²) in [5.41, 5.74) is 2.88. The molecule has 0 spiro atoms. The number of halogens is 2. The minimum atomic E-state index is -0.201. The van der Waals surface area contributed by atoms with Crippen LogP contribution in [0.1, 0.15) is 30.5 Å². The Balaban J connectivity index is 1.35. The molecule has 1 aliphatic heterocycles. The van der Waals surface area contributed by atoms with Gasteiger partial charge < -0.3 is 0 Å². The third-order valence-corrected chi connectivity index (χ3v) is 6.85. The van der Waals surface area contributed by atoms with Crippen LogP contribution in [-0.2, 0) is 13.6 Å². The molecule has 162 valence electrons. The molecule has 31 heavy (non-hydrogen) atoms. The first-order valence-corrected chi connectivity index (χ1v) is 11.5. The van der Waals surface area contributed by atoms with Crippen LogP contribution in [0.4, 0.5) is 4.39 Å². The Hall–Kier alpha value is -2.44. The minimum absolute atomic E-state index is 0.0236. The first kappa shape index (κ1) is 21.8. The molecule has 0 atom stereocenters. The second-order valence-electron chi connectivity index (χ2n) is 8.15. The lowest BCUT2D eigenvalue weighted by Gasteiger charge is -2.31. The molecule has 0 saturated carbocycles. The van der Waals surface area contributed by atoms with Crippen LogP contribution in [0.2, 0.25) is 0 Å². The van der Waals surface area contributed by atoms with Gasteiger partial charge in [0, 0.05) is 13.6 Å². The number of hydrogen-bond acceptors (Lipinski definition) is 2. The molecule has 0 unspecified atom stereocenters. The predicted molar refractivity (Wildman–Crippen MR) is 127 cm³/mol. The summed E-state index contributed by atoms with van der Waals surface area (Å²) >= 11 is 3.54. The van der Waals surface area contributed by atoms with E-state index >= 15 is 0 Å². The fraction of sp³-hybridized carbons (Fsp3) is 0.320. The van der Waals surface area contributed by atoms with E-state index in [1.54, 1.807) is 16.8 Å². The molecule has 6 heteroatoms. The topological polar surface area (TPSA) is 30.2 Å². The van der Waals surface area contributed by atoms with E-state index in [9.17, 15) is 9.18 Å². The third kappa shape index (κ3) is 5.08. The van der Waals surface area contributed by atoms with Gasteiger partial charge in [-0.2, -0.15) is 0 Å². The van der Waals surface area contributed by atoms with Crippen LogP contribution in [-0.4, -0.2) is 27.4 Å². The summed E-state index contributed by atoms with van der Waals surface area (Å²) in [5.74, 6) is 0.460. The lowest BCUT2D eigenvalue weighted by Crippen LogP contribution is -2.34. The molecule has 1 fully saturated rings. The van der Waals surface area contributed by atoms with Crippen molar-refractivity contribution in [2.45, 2.75) is 25.8 Å². The van der Waals surface area contributed by atoms with Gasteiger partial charge in [0.1, 0.15) is 10.3 Å². The maximum atomic E-state index is 13.0. The number of piperidine rings is 1. The highest BCUT2D eigenvalue weighted by molar-refractivity contribution is 9.10. The molecule has 0 radical (unpaired) electrons. The van der Waals surface area contributed by atoms with Crippen LogP contribution in [0.5, 0.6) is 0 Å². The van der Waals surface area contributed by atoms with E-state index < -0.39 is 0 Å². The lowest BCUT2D eigenvalue weighted by atomic mass is 9.93. The highest BCUT2D eigenvalue weighted by Crippen LogP contribution is 2.24. The van der Waals surface area contributed by atoms with Crippen molar-refractivity contribution in [1.82, 2.24) is 14.3 Å². The average molecular weight is 484 g/mol. The van der Waals surface area contributed by atoms with Gasteiger partial charge in [-0.3, -0.25) is 14.4 Å². The molecular weight excluding hydrogens is 457 g/mol. The zero-order valence-electron chi connectivity index (χ0n) is 17.7. The standard InChI is InChI=1S/C25H27BrFN3O/c1-28-23(24(26)25(31)30(28)22-8-3-2-4-9-22)18-29-16-14-20(15-17-29)7-5-6-19-10-12-21(27)13-11-19/h2-6,8-13,20H,7,14-18H2,1H3. The van der Waals surface area contributed by atoms with Crippen molar-refractivity contribution in [3.8, 4) is 5.69 Å².